The normalized spacial score (nSPS) is 12.6. The molecule has 0 bridgehead atoms. The van der Waals surface area contributed by atoms with Crippen LogP contribution < -0.4 is 10.5 Å². The Labute approximate surface area is 103 Å². The highest BCUT2D eigenvalue weighted by molar-refractivity contribution is 7.88. The van der Waals surface area contributed by atoms with Gasteiger partial charge in [0.25, 0.3) is 0 Å². The molecule has 1 rings (SSSR count). The highest BCUT2D eigenvalue weighted by atomic mass is 32.2. The summed E-state index contributed by atoms with van der Waals surface area (Å²) in [6.45, 7) is 5.68. The summed E-state index contributed by atoms with van der Waals surface area (Å²) in [5, 5.41) is 0. The maximum atomic E-state index is 11.9. The number of nitrogens with one attached hydrogen (secondary N) is 1. The van der Waals surface area contributed by atoms with Gasteiger partial charge < -0.3 is 5.73 Å². The van der Waals surface area contributed by atoms with E-state index in [0.29, 0.717) is 11.3 Å². The van der Waals surface area contributed by atoms with E-state index in [4.69, 9.17) is 5.73 Å². The predicted octanol–water partition coefficient (Wildman–Crippen LogP) is 1.88. The molecular formula is C12H20N2O2S. The highest BCUT2D eigenvalue weighted by Gasteiger charge is 2.22. The first-order valence-electron chi connectivity index (χ1n) is 5.60. The second-order valence-corrected chi connectivity index (χ2v) is 6.57. The molecule has 4 nitrogen and oxygen atoms in total. The smallest absolute Gasteiger partial charge is 0.216 e. The Balaban J connectivity index is 2.81. The van der Waals surface area contributed by atoms with Gasteiger partial charge in [0.1, 0.15) is 0 Å². The summed E-state index contributed by atoms with van der Waals surface area (Å²) in [6, 6.07) is 6.93. The van der Waals surface area contributed by atoms with E-state index >= 15 is 0 Å². The monoisotopic (exact) mass is 256 g/mol. The molecule has 0 fully saturated rings. The van der Waals surface area contributed by atoms with Gasteiger partial charge in [-0.15, -0.1) is 0 Å². The fraction of sp³-hybridized carbons (Fsp3) is 0.500. The lowest BCUT2D eigenvalue weighted by atomic mass is 10.0. The molecule has 0 aliphatic carbocycles. The summed E-state index contributed by atoms with van der Waals surface area (Å²) in [4.78, 5) is 0. The van der Waals surface area contributed by atoms with Crippen LogP contribution in [0.5, 0.6) is 0 Å². The van der Waals surface area contributed by atoms with E-state index in [-0.39, 0.29) is 5.75 Å². The molecule has 0 atom stereocenters. The van der Waals surface area contributed by atoms with Crippen molar-refractivity contribution in [2.45, 2.75) is 38.5 Å². The van der Waals surface area contributed by atoms with E-state index in [0.717, 1.165) is 6.42 Å². The van der Waals surface area contributed by atoms with Crippen LogP contribution in [0.4, 0.5) is 5.69 Å². The van der Waals surface area contributed by atoms with E-state index < -0.39 is 15.6 Å². The summed E-state index contributed by atoms with van der Waals surface area (Å²) in [7, 11) is -3.33. The predicted molar refractivity (Wildman–Crippen MR) is 71.0 cm³/mol. The van der Waals surface area contributed by atoms with Crippen LogP contribution in [-0.2, 0) is 15.8 Å². The number of hydrogen-bond acceptors (Lipinski definition) is 3. The Hall–Kier alpha value is -1.07. The Bertz CT molecular complexity index is 481. The summed E-state index contributed by atoms with van der Waals surface area (Å²) in [5.41, 5.74) is 6.47. The Kier molecular flexibility index (Phi) is 4.16. The fourth-order valence-electron chi connectivity index (χ4n) is 1.43. The van der Waals surface area contributed by atoms with Crippen molar-refractivity contribution in [3.63, 3.8) is 0 Å². The van der Waals surface area contributed by atoms with E-state index in [1.807, 2.05) is 20.8 Å². The van der Waals surface area contributed by atoms with Gasteiger partial charge in [0, 0.05) is 11.2 Å². The van der Waals surface area contributed by atoms with Crippen molar-refractivity contribution in [2.24, 2.45) is 0 Å². The van der Waals surface area contributed by atoms with Crippen molar-refractivity contribution in [1.29, 1.82) is 0 Å². The molecule has 0 amide bonds. The molecule has 0 heterocycles. The zero-order chi connectivity index (χ0) is 13.1. The van der Waals surface area contributed by atoms with Crippen molar-refractivity contribution < 1.29 is 8.42 Å². The first-order valence-corrected chi connectivity index (χ1v) is 7.25. The standard InChI is InChI=1S/C12H20N2O2S/c1-4-12(2,3)14-17(15,16)9-10-6-5-7-11(13)8-10/h5-8,14H,4,9,13H2,1-3H3. The third kappa shape index (κ3) is 4.75. The second-order valence-electron chi connectivity index (χ2n) is 4.84. The summed E-state index contributed by atoms with van der Waals surface area (Å²) in [5.74, 6) is -0.0402. The number of anilines is 1. The van der Waals surface area contributed by atoms with Gasteiger partial charge in [0.15, 0.2) is 0 Å². The van der Waals surface area contributed by atoms with Crippen LogP contribution in [0.15, 0.2) is 24.3 Å². The quantitative estimate of drug-likeness (QED) is 0.790. The van der Waals surface area contributed by atoms with Crippen LogP contribution in [-0.4, -0.2) is 14.0 Å². The molecule has 1 aromatic carbocycles. The van der Waals surface area contributed by atoms with Crippen molar-refractivity contribution in [3.8, 4) is 0 Å². The third-order valence-electron chi connectivity index (χ3n) is 2.62. The van der Waals surface area contributed by atoms with Gasteiger partial charge in [-0.3, -0.25) is 0 Å². The Morgan fingerprint density at radius 2 is 2.00 bits per heavy atom. The summed E-state index contributed by atoms with van der Waals surface area (Å²) >= 11 is 0. The highest BCUT2D eigenvalue weighted by Crippen LogP contribution is 2.14. The van der Waals surface area contributed by atoms with Crippen molar-refractivity contribution in [3.05, 3.63) is 29.8 Å². The number of benzene rings is 1. The molecule has 96 valence electrons. The third-order valence-corrected chi connectivity index (χ3v) is 4.20. The topological polar surface area (TPSA) is 72.2 Å². The van der Waals surface area contributed by atoms with Crippen LogP contribution in [0.3, 0.4) is 0 Å². The minimum atomic E-state index is -3.33. The molecule has 5 heteroatoms. The van der Waals surface area contributed by atoms with E-state index in [9.17, 15) is 8.42 Å². The summed E-state index contributed by atoms with van der Waals surface area (Å²) in [6.07, 6.45) is 0.739. The number of nitrogens with two attached hydrogens (primary N) is 1. The fourth-order valence-corrected chi connectivity index (χ4v) is 3.11. The van der Waals surface area contributed by atoms with Crippen LogP contribution in [0.2, 0.25) is 0 Å². The lowest BCUT2D eigenvalue weighted by molar-refractivity contribution is 0.439. The van der Waals surface area contributed by atoms with Gasteiger partial charge in [0.2, 0.25) is 10.0 Å². The lowest BCUT2D eigenvalue weighted by Crippen LogP contribution is -2.43. The molecule has 0 radical (unpaired) electrons. The van der Waals surface area contributed by atoms with Crippen LogP contribution in [0.1, 0.15) is 32.8 Å². The molecule has 0 aliphatic heterocycles. The first-order chi connectivity index (χ1) is 7.74. The van der Waals surface area contributed by atoms with Gasteiger partial charge in [-0.05, 0) is 38.0 Å². The minimum Gasteiger partial charge on any atom is -0.399 e. The summed E-state index contributed by atoms with van der Waals surface area (Å²) < 4.78 is 26.5. The van der Waals surface area contributed by atoms with E-state index in [1.54, 1.807) is 24.3 Å². The molecule has 0 aliphatic rings. The average Bonchev–Trinajstić information content (AvgIpc) is 2.15. The zero-order valence-electron chi connectivity index (χ0n) is 10.5. The second kappa shape index (κ2) is 5.06. The molecular weight excluding hydrogens is 236 g/mol. The molecule has 3 N–H and O–H groups in total. The maximum Gasteiger partial charge on any atom is 0.216 e. The van der Waals surface area contributed by atoms with Crippen LogP contribution >= 0.6 is 0 Å². The van der Waals surface area contributed by atoms with Crippen LogP contribution in [0.25, 0.3) is 0 Å². The molecule has 17 heavy (non-hydrogen) atoms. The largest absolute Gasteiger partial charge is 0.399 e. The number of rotatable bonds is 5. The van der Waals surface area contributed by atoms with Crippen LogP contribution in [0, 0.1) is 0 Å². The number of sulfonamides is 1. The SMILES string of the molecule is CCC(C)(C)NS(=O)(=O)Cc1cccc(N)c1. The van der Waals surface area contributed by atoms with Gasteiger partial charge in [-0.2, -0.15) is 0 Å². The van der Waals surface area contributed by atoms with Crippen molar-refractivity contribution in [1.82, 2.24) is 4.72 Å². The maximum absolute atomic E-state index is 11.9. The molecule has 0 aromatic heterocycles. The van der Waals surface area contributed by atoms with Gasteiger partial charge in [0.05, 0.1) is 5.75 Å². The lowest BCUT2D eigenvalue weighted by Gasteiger charge is -2.24. The minimum absolute atomic E-state index is 0.0402. The molecule has 0 saturated heterocycles. The number of hydrogen-bond donors (Lipinski definition) is 2. The Morgan fingerprint density at radius 1 is 1.35 bits per heavy atom. The average molecular weight is 256 g/mol. The molecule has 1 aromatic rings. The molecule has 0 saturated carbocycles. The van der Waals surface area contributed by atoms with Crippen molar-refractivity contribution in [2.75, 3.05) is 5.73 Å². The number of nitrogen functional groups attached to an aromatic ring is 1. The zero-order valence-corrected chi connectivity index (χ0v) is 11.3. The Morgan fingerprint density at radius 3 is 2.53 bits per heavy atom. The molecule has 0 spiro atoms. The first kappa shape index (κ1) is 14.0. The van der Waals surface area contributed by atoms with E-state index in [1.165, 1.54) is 0 Å². The van der Waals surface area contributed by atoms with Crippen molar-refractivity contribution >= 4 is 15.7 Å². The van der Waals surface area contributed by atoms with Gasteiger partial charge in [-0.25, -0.2) is 13.1 Å². The molecule has 0 unspecified atom stereocenters. The van der Waals surface area contributed by atoms with E-state index in [2.05, 4.69) is 4.72 Å². The van der Waals surface area contributed by atoms with Gasteiger partial charge >= 0.3 is 0 Å². The van der Waals surface area contributed by atoms with Gasteiger partial charge in [-0.1, -0.05) is 19.1 Å².